The van der Waals surface area contributed by atoms with Crippen molar-refractivity contribution in [2.45, 2.75) is 6.92 Å². The van der Waals surface area contributed by atoms with Crippen LogP contribution in [0.3, 0.4) is 0 Å². The van der Waals surface area contributed by atoms with Crippen molar-refractivity contribution < 1.29 is 0 Å². The highest BCUT2D eigenvalue weighted by Crippen LogP contribution is 2.14. The fourth-order valence-corrected chi connectivity index (χ4v) is 1.45. The highest BCUT2D eigenvalue weighted by molar-refractivity contribution is 6.23. The van der Waals surface area contributed by atoms with E-state index < -0.39 is 0 Å². The van der Waals surface area contributed by atoms with Gasteiger partial charge < -0.3 is 4.90 Å². The molecule has 0 amide bonds. The molecule has 0 saturated carbocycles. The third kappa shape index (κ3) is 4.48. The molecule has 0 atom stereocenters. The summed E-state index contributed by atoms with van der Waals surface area (Å²) in [5, 5.41) is 0. The van der Waals surface area contributed by atoms with Gasteiger partial charge in [0.2, 0.25) is 0 Å². The molecule has 0 unspecified atom stereocenters. The van der Waals surface area contributed by atoms with Gasteiger partial charge in [0.05, 0.1) is 0 Å². The zero-order valence-electron chi connectivity index (χ0n) is 11.0. The molecule has 0 aromatic rings. The van der Waals surface area contributed by atoms with Crippen LogP contribution in [0.2, 0.25) is 0 Å². The lowest BCUT2D eigenvalue weighted by atomic mass is 9.96. The van der Waals surface area contributed by atoms with E-state index in [9.17, 15) is 0 Å². The van der Waals surface area contributed by atoms with Crippen LogP contribution in [0.4, 0.5) is 0 Å². The summed E-state index contributed by atoms with van der Waals surface area (Å²) in [6, 6.07) is 0. The summed E-state index contributed by atoms with van der Waals surface area (Å²) in [7, 11) is 4.18. The molecule has 0 radical (unpaired) electrons. The minimum absolute atomic E-state index is 0.934. The Bertz CT molecular complexity index is 432. The Labute approximate surface area is 106 Å². The lowest BCUT2D eigenvalue weighted by Crippen LogP contribution is -2.17. The number of nitrogens with zero attached hydrogens (tertiary/aromatic N) is 1. The molecule has 0 bridgehead atoms. The Balaban J connectivity index is 2.89. The van der Waals surface area contributed by atoms with Crippen molar-refractivity contribution in [2.24, 2.45) is 0 Å². The van der Waals surface area contributed by atoms with Gasteiger partial charge in [-0.25, -0.2) is 0 Å². The van der Waals surface area contributed by atoms with Crippen LogP contribution in [0, 0.1) is 0 Å². The summed E-state index contributed by atoms with van der Waals surface area (Å²) < 4.78 is 0. The topological polar surface area (TPSA) is 3.24 Å². The fraction of sp³-hybridized carbons (Fsp3) is 0.267. The van der Waals surface area contributed by atoms with Gasteiger partial charge in [0.15, 0.2) is 0 Å². The van der Waals surface area contributed by atoms with Crippen molar-refractivity contribution in [1.29, 1.82) is 0 Å². The summed E-state index contributed by atoms with van der Waals surface area (Å²) >= 11 is 0. The van der Waals surface area contributed by atoms with Gasteiger partial charge in [-0.1, -0.05) is 43.3 Å². The second-order valence-corrected chi connectivity index (χ2v) is 4.19. The molecule has 0 aromatic carbocycles. The van der Waals surface area contributed by atoms with Crippen molar-refractivity contribution in [3.8, 4) is 0 Å². The lowest BCUT2D eigenvalue weighted by molar-refractivity contribution is 0.392. The predicted octanol–water partition coefficient (Wildman–Crippen LogP) is 2.22. The molecular formula is C15H20BN. The van der Waals surface area contributed by atoms with E-state index in [2.05, 4.69) is 63.3 Å². The maximum atomic E-state index is 3.88. The van der Waals surface area contributed by atoms with E-state index in [-0.39, 0.29) is 0 Å². The van der Waals surface area contributed by atoms with E-state index in [0.29, 0.717) is 0 Å². The van der Waals surface area contributed by atoms with Crippen molar-refractivity contribution in [3.05, 3.63) is 65.4 Å². The minimum atomic E-state index is 0.934. The van der Waals surface area contributed by atoms with Crippen molar-refractivity contribution in [2.75, 3.05) is 20.1 Å². The number of hydrogen-bond donors (Lipinski definition) is 0. The molecule has 1 rings (SSSR count). The number of hydrogen-bond acceptors (Lipinski definition) is 1. The first-order valence-electron chi connectivity index (χ1n) is 6.00. The maximum Gasteiger partial charge on any atom is 0.140 e. The van der Waals surface area contributed by atoms with Gasteiger partial charge in [0.1, 0.15) is 7.85 Å². The van der Waals surface area contributed by atoms with Gasteiger partial charge in [0, 0.05) is 12.1 Å². The normalized spacial score (nSPS) is 15.6. The quantitative estimate of drug-likeness (QED) is 0.394. The predicted molar refractivity (Wildman–Crippen MR) is 78.8 cm³/mol. The molecule has 0 heterocycles. The molecule has 1 nitrogen and oxygen atoms in total. The summed E-state index contributed by atoms with van der Waals surface area (Å²) in [5.74, 6) is 0. The van der Waals surface area contributed by atoms with Gasteiger partial charge in [0.25, 0.3) is 0 Å². The maximum absolute atomic E-state index is 3.88. The molecule has 0 fully saturated rings. The van der Waals surface area contributed by atoms with Crippen LogP contribution in [0.25, 0.3) is 0 Å². The van der Waals surface area contributed by atoms with Crippen molar-refractivity contribution >= 4 is 7.85 Å². The molecule has 1 aliphatic carbocycles. The Hall–Kier alpha value is -1.50. The van der Waals surface area contributed by atoms with Crippen molar-refractivity contribution in [1.82, 2.24) is 4.90 Å². The van der Waals surface area contributed by atoms with Crippen LogP contribution < -0.4 is 0 Å². The lowest BCUT2D eigenvalue weighted by Gasteiger charge is -2.11. The van der Waals surface area contributed by atoms with Crippen LogP contribution in [0.1, 0.15) is 6.92 Å². The average Bonchev–Trinajstić information content (AvgIpc) is 2.55. The van der Waals surface area contributed by atoms with Crippen LogP contribution in [-0.4, -0.2) is 32.9 Å². The van der Waals surface area contributed by atoms with E-state index >= 15 is 0 Å². The molecule has 0 saturated heterocycles. The monoisotopic (exact) mass is 225 g/mol. The second-order valence-electron chi connectivity index (χ2n) is 4.19. The first kappa shape index (κ1) is 13.6. The van der Waals surface area contributed by atoms with Gasteiger partial charge in [-0.15, -0.1) is 5.73 Å². The molecule has 17 heavy (non-hydrogen) atoms. The highest BCUT2D eigenvalue weighted by Gasteiger charge is 1.99. The Morgan fingerprint density at radius 2 is 2.35 bits per heavy atom. The fourth-order valence-electron chi connectivity index (χ4n) is 1.45. The Morgan fingerprint density at radius 1 is 1.59 bits per heavy atom. The largest absolute Gasteiger partial charge is 0.303 e. The smallest absolute Gasteiger partial charge is 0.140 e. The van der Waals surface area contributed by atoms with Gasteiger partial charge in [-0.05, 0) is 31.3 Å². The average molecular weight is 225 g/mol. The van der Waals surface area contributed by atoms with E-state index in [1.807, 2.05) is 12.2 Å². The summed E-state index contributed by atoms with van der Waals surface area (Å²) in [6.45, 7) is 8.01. The summed E-state index contributed by atoms with van der Waals surface area (Å²) in [6.07, 6.45) is 12.3. The Morgan fingerprint density at radius 3 is 3.00 bits per heavy atom. The molecule has 0 N–H and O–H groups in total. The van der Waals surface area contributed by atoms with E-state index in [4.69, 9.17) is 0 Å². The second kappa shape index (κ2) is 6.95. The molecule has 2 heteroatoms. The SMILES string of the molecule is BC1=CC=CC(/C(C=C)=C/CN(C)CC)=C=C1. The molecule has 0 spiro atoms. The first-order chi connectivity index (χ1) is 8.17. The van der Waals surface area contributed by atoms with Gasteiger partial charge >= 0.3 is 0 Å². The van der Waals surface area contributed by atoms with Crippen LogP contribution in [-0.2, 0) is 0 Å². The van der Waals surface area contributed by atoms with E-state index in [1.165, 1.54) is 5.47 Å². The zero-order chi connectivity index (χ0) is 12.7. The molecule has 0 aliphatic heterocycles. The summed E-state index contributed by atoms with van der Waals surface area (Å²) in [5.41, 5.74) is 6.75. The molecule has 88 valence electrons. The third-order valence-electron chi connectivity index (χ3n) is 2.77. The number of rotatable bonds is 5. The number of allylic oxidation sites excluding steroid dienone is 7. The zero-order valence-corrected chi connectivity index (χ0v) is 11.0. The van der Waals surface area contributed by atoms with Gasteiger partial charge in [-0.2, -0.15) is 0 Å². The third-order valence-corrected chi connectivity index (χ3v) is 2.77. The van der Waals surface area contributed by atoms with Gasteiger partial charge in [-0.3, -0.25) is 0 Å². The van der Waals surface area contributed by atoms with E-state index in [1.54, 1.807) is 0 Å². The molecule has 1 aliphatic rings. The Kier molecular flexibility index (Phi) is 5.55. The molecular weight excluding hydrogens is 205 g/mol. The first-order valence-corrected chi connectivity index (χ1v) is 6.00. The highest BCUT2D eigenvalue weighted by atomic mass is 15.1. The van der Waals surface area contributed by atoms with E-state index in [0.717, 1.165) is 24.2 Å². The van der Waals surface area contributed by atoms with Crippen LogP contribution in [0.5, 0.6) is 0 Å². The van der Waals surface area contributed by atoms with Crippen molar-refractivity contribution in [3.63, 3.8) is 0 Å². The molecule has 0 aromatic heterocycles. The standard InChI is InChI=1S/C15H20BN/c1-4-13(11-12-17(3)5-2)14-7-6-8-15(16)10-9-14/h4,6-8,10-11H,1,5,12,16H2,2-3H3/b13-11+. The van der Waals surface area contributed by atoms with Crippen LogP contribution in [0.15, 0.2) is 65.4 Å². The van der Waals surface area contributed by atoms with Crippen LogP contribution >= 0.6 is 0 Å². The minimum Gasteiger partial charge on any atom is -0.303 e. The summed E-state index contributed by atoms with van der Waals surface area (Å²) in [4.78, 5) is 2.25. The number of likely N-dealkylation sites (N-methyl/N-ethyl adjacent to an activating group) is 1.